The molecule has 2 amide bonds. The van der Waals surface area contributed by atoms with Crippen LogP contribution in [0.2, 0.25) is 0 Å². The lowest BCUT2D eigenvalue weighted by Crippen LogP contribution is -2.27. The number of thiazole rings is 1. The van der Waals surface area contributed by atoms with Gasteiger partial charge in [0.05, 0.1) is 12.7 Å². The molecule has 5 nitrogen and oxygen atoms in total. The van der Waals surface area contributed by atoms with Gasteiger partial charge >= 0.3 is 6.03 Å². The first-order valence-electron chi connectivity index (χ1n) is 4.71. The summed E-state index contributed by atoms with van der Waals surface area (Å²) < 4.78 is 0. The summed E-state index contributed by atoms with van der Waals surface area (Å²) in [7, 11) is 0. The highest BCUT2D eigenvalue weighted by molar-refractivity contribution is 7.16. The number of aromatic nitrogens is 1. The first kappa shape index (κ1) is 11.6. The number of rotatable bonds is 3. The van der Waals surface area contributed by atoms with Crippen LogP contribution < -0.4 is 10.6 Å². The summed E-state index contributed by atoms with van der Waals surface area (Å²) in [6, 6.07) is 5.52. The number of nitrogens with one attached hydrogen (secondary N) is 2. The van der Waals surface area contributed by atoms with Crippen molar-refractivity contribution in [2.45, 2.75) is 6.54 Å². The Morgan fingerprint density at radius 1 is 1.59 bits per heavy atom. The molecule has 0 aliphatic rings. The maximum atomic E-state index is 11.5. The Bertz CT molecular complexity index is 541. The average Bonchev–Trinajstić information content (AvgIpc) is 2.97. The number of nitriles is 1. The summed E-state index contributed by atoms with van der Waals surface area (Å²) in [5, 5.41) is 16.3. The van der Waals surface area contributed by atoms with Crippen molar-refractivity contribution in [1.29, 1.82) is 5.26 Å². The van der Waals surface area contributed by atoms with E-state index in [1.807, 2.05) is 23.6 Å². The zero-order chi connectivity index (χ0) is 12.1. The zero-order valence-electron chi connectivity index (χ0n) is 8.64. The van der Waals surface area contributed by atoms with E-state index in [0.29, 0.717) is 16.6 Å². The minimum Gasteiger partial charge on any atom is -0.333 e. The summed E-state index contributed by atoms with van der Waals surface area (Å²) >= 11 is 2.72. The molecule has 0 aromatic carbocycles. The first-order chi connectivity index (χ1) is 8.28. The highest BCUT2D eigenvalue weighted by atomic mass is 32.1. The van der Waals surface area contributed by atoms with Crippen molar-refractivity contribution in [1.82, 2.24) is 10.3 Å². The Balaban J connectivity index is 1.83. The summed E-state index contributed by atoms with van der Waals surface area (Å²) in [5.74, 6) is 0. The second-order valence-electron chi connectivity index (χ2n) is 3.03. The van der Waals surface area contributed by atoms with Crippen molar-refractivity contribution >= 4 is 33.8 Å². The van der Waals surface area contributed by atoms with Gasteiger partial charge in [0, 0.05) is 4.88 Å². The second kappa shape index (κ2) is 5.43. The average molecular weight is 264 g/mol. The van der Waals surface area contributed by atoms with E-state index >= 15 is 0 Å². The molecule has 0 radical (unpaired) electrons. The third-order valence-electron chi connectivity index (χ3n) is 1.84. The number of nitrogens with zero attached hydrogens (tertiary/aromatic N) is 2. The topological polar surface area (TPSA) is 77.8 Å². The third-order valence-corrected chi connectivity index (χ3v) is 3.53. The fraction of sp³-hybridized carbons (Fsp3) is 0.100. The van der Waals surface area contributed by atoms with Crippen LogP contribution in [0.3, 0.4) is 0 Å². The van der Waals surface area contributed by atoms with Gasteiger partial charge in [-0.05, 0) is 11.4 Å². The predicted molar refractivity (Wildman–Crippen MR) is 67.0 cm³/mol. The van der Waals surface area contributed by atoms with Gasteiger partial charge in [0.2, 0.25) is 0 Å². The molecule has 7 heteroatoms. The summed E-state index contributed by atoms with van der Waals surface area (Å²) in [6.07, 6.45) is 1.43. The van der Waals surface area contributed by atoms with Crippen LogP contribution in [0.25, 0.3) is 0 Å². The van der Waals surface area contributed by atoms with Gasteiger partial charge in [-0.3, -0.25) is 5.32 Å². The number of hydrogen-bond acceptors (Lipinski definition) is 5. The van der Waals surface area contributed by atoms with Crippen LogP contribution in [-0.2, 0) is 6.54 Å². The smallest absolute Gasteiger partial charge is 0.321 e. The molecular weight excluding hydrogens is 256 g/mol. The molecule has 2 heterocycles. The van der Waals surface area contributed by atoms with Crippen LogP contribution in [-0.4, -0.2) is 11.0 Å². The fourth-order valence-electron chi connectivity index (χ4n) is 1.11. The van der Waals surface area contributed by atoms with Crippen LogP contribution in [0.5, 0.6) is 0 Å². The second-order valence-corrected chi connectivity index (χ2v) is 5.09. The van der Waals surface area contributed by atoms with Gasteiger partial charge in [0.1, 0.15) is 10.9 Å². The van der Waals surface area contributed by atoms with Crippen molar-refractivity contribution in [3.05, 3.63) is 33.5 Å². The molecule has 0 aliphatic heterocycles. The van der Waals surface area contributed by atoms with Crippen LogP contribution in [0, 0.1) is 11.3 Å². The lowest BCUT2D eigenvalue weighted by molar-refractivity contribution is 0.252. The Hall–Kier alpha value is -1.91. The van der Waals surface area contributed by atoms with E-state index in [1.54, 1.807) is 11.3 Å². The number of anilines is 1. The van der Waals surface area contributed by atoms with Crippen molar-refractivity contribution in [2.75, 3.05) is 5.32 Å². The third kappa shape index (κ3) is 3.27. The molecule has 2 rings (SSSR count). The minimum absolute atomic E-state index is 0.322. The lowest BCUT2D eigenvalue weighted by Gasteiger charge is -2.03. The molecule has 0 saturated carbocycles. The van der Waals surface area contributed by atoms with Crippen molar-refractivity contribution in [3.63, 3.8) is 0 Å². The number of carbonyl (C=O) groups excluding carboxylic acids is 1. The van der Waals surface area contributed by atoms with Crippen LogP contribution >= 0.6 is 22.7 Å². The van der Waals surface area contributed by atoms with Gasteiger partial charge in [-0.1, -0.05) is 17.4 Å². The van der Waals surface area contributed by atoms with Crippen LogP contribution in [0.4, 0.5) is 9.93 Å². The first-order valence-corrected chi connectivity index (χ1v) is 6.40. The molecule has 2 aromatic heterocycles. The van der Waals surface area contributed by atoms with Crippen LogP contribution in [0.1, 0.15) is 9.75 Å². The molecule has 0 saturated heterocycles. The van der Waals surface area contributed by atoms with E-state index < -0.39 is 0 Å². The molecule has 0 unspecified atom stereocenters. The Labute approximate surface area is 106 Å². The summed E-state index contributed by atoms with van der Waals surface area (Å²) in [6.45, 7) is 0.486. The number of thiophene rings is 1. The number of hydrogen-bond donors (Lipinski definition) is 2. The summed E-state index contributed by atoms with van der Waals surface area (Å²) in [5.41, 5.74) is 0. The van der Waals surface area contributed by atoms with Gasteiger partial charge in [0.25, 0.3) is 0 Å². The van der Waals surface area contributed by atoms with Gasteiger partial charge < -0.3 is 5.32 Å². The molecule has 2 aromatic rings. The molecular formula is C10H8N4OS2. The molecule has 0 atom stereocenters. The van der Waals surface area contributed by atoms with Gasteiger partial charge in [0.15, 0.2) is 5.13 Å². The molecule has 0 bridgehead atoms. The SMILES string of the molecule is N#Cc1cnc(NC(=O)NCc2cccs2)s1. The Kier molecular flexibility index (Phi) is 3.69. The van der Waals surface area contributed by atoms with E-state index in [9.17, 15) is 4.79 Å². The monoisotopic (exact) mass is 264 g/mol. The summed E-state index contributed by atoms with van der Waals surface area (Å²) in [4.78, 5) is 16.9. The number of amides is 2. The van der Waals surface area contributed by atoms with E-state index in [4.69, 9.17) is 5.26 Å². The maximum Gasteiger partial charge on any atom is 0.321 e. The Morgan fingerprint density at radius 2 is 2.47 bits per heavy atom. The molecule has 0 aliphatic carbocycles. The molecule has 17 heavy (non-hydrogen) atoms. The fourth-order valence-corrected chi connectivity index (χ4v) is 2.36. The normalized spacial score (nSPS) is 9.59. The highest BCUT2D eigenvalue weighted by Crippen LogP contribution is 2.16. The van der Waals surface area contributed by atoms with E-state index in [1.165, 1.54) is 6.20 Å². The zero-order valence-corrected chi connectivity index (χ0v) is 10.3. The van der Waals surface area contributed by atoms with Gasteiger partial charge in [-0.25, -0.2) is 9.78 Å². The van der Waals surface area contributed by atoms with Crippen molar-refractivity contribution in [2.24, 2.45) is 0 Å². The standard InChI is InChI=1S/C10H8N4OS2/c11-4-8-6-13-10(17-8)14-9(15)12-5-7-2-1-3-16-7/h1-3,6H,5H2,(H2,12,13,14,15). The maximum absolute atomic E-state index is 11.5. The quantitative estimate of drug-likeness (QED) is 0.893. The van der Waals surface area contributed by atoms with Crippen LogP contribution in [0.15, 0.2) is 23.7 Å². The van der Waals surface area contributed by atoms with Gasteiger partial charge in [-0.2, -0.15) is 5.26 Å². The minimum atomic E-state index is -0.322. The van der Waals surface area contributed by atoms with E-state index in [-0.39, 0.29) is 6.03 Å². The molecule has 2 N–H and O–H groups in total. The van der Waals surface area contributed by atoms with Crippen molar-refractivity contribution < 1.29 is 4.79 Å². The van der Waals surface area contributed by atoms with E-state index in [0.717, 1.165) is 16.2 Å². The largest absolute Gasteiger partial charge is 0.333 e. The molecule has 0 spiro atoms. The molecule has 86 valence electrons. The van der Waals surface area contributed by atoms with E-state index in [2.05, 4.69) is 15.6 Å². The Morgan fingerprint density at radius 3 is 3.12 bits per heavy atom. The molecule has 0 fully saturated rings. The van der Waals surface area contributed by atoms with Crippen molar-refractivity contribution in [3.8, 4) is 6.07 Å². The van der Waals surface area contributed by atoms with Gasteiger partial charge in [-0.15, -0.1) is 11.3 Å². The lowest BCUT2D eigenvalue weighted by atomic mass is 10.5. The predicted octanol–water partition coefficient (Wildman–Crippen LogP) is 2.40. The highest BCUT2D eigenvalue weighted by Gasteiger charge is 2.05. The number of carbonyl (C=O) groups is 1. The number of urea groups is 1.